The quantitative estimate of drug-likeness (QED) is 0.593. The van der Waals surface area contributed by atoms with Crippen molar-refractivity contribution >= 4 is 52.4 Å². The molecule has 0 aliphatic heterocycles. The highest BCUT2D eigenvalue weighted by atomic mass is 35.5. The fourth-order valence-corrected chi connectivity index (χ4v) is 2.52. The molecule has 0 radical (unpaired) electrons. The van der Waals surface area contributed by atoms with Crippen molar-refractivity contribution in [1.82, 2.24) is 0 Å². The number of anilines is 2. The van der Waals surface area contributed by atoms with E-state index < -0.39 is 24.5 Å². The molecule has 1 amide bonds. The number of hydrogen-bond donors (Lipinski definition) is 2. The van der Waals surface area contributed by atoms with Gasteiger partial charge in [0.15, 0.2) is 6.61 Å². The van der Waals surface area contributed by atoms with Crippen LogP contribution in [0.4, 0.5) is 11.4 Å². The first-order valence-corrected chi connectivity index (χ1v) is 7.98. The van der Waals surface area contributed by atoms with Gasteiger partial charge in [-0.3, -0.25) is 4.79 Å². The van der Waals surface area contributed by atoms with Gasteiger partial charge in [-0.05, 0) is 24.3 Å². The van der Waals surface area contributed by atoms with Crippen LogP contribution >= 0.6 is 23.2 Å². The number of carbonyl (C=O) groups excluding carboxylic acids is 3. The fraction of sp³-hybridized carbons (Fsp3) is 0.118. The summed E-state index contributed by atoms with van der Waals surface area (Å²) < 4.78 is 9.55. The van der Waals surface area contributed by atoms with Crippen molar-refractivity contribution in [3.8, 4) is 0 Å². The van der Waals surface area contributed by atoms with E-state index in [1.54, 1.807) is 12.1 Å². The van der Waals surface area contributed by atoms with Gasteiger partial charge < -0.3 is 20.5 Å². The maximum absolute atomic E-state index is 12.1. The second-order valence-corrected chi connectivity index (χ2v) is 5.85. The number of amides is 1. The van der Waals surface area contributed by atoms with E-state index >= 15 is 0 Å². The molecule has 0 saturated carbocycles. The number of halogens is 2. The number of nitrogens with two attached hydrogens (primary N) is 1. The third-order valence-corrected chi connectivity index (χ3v) is 3.79. The monoisotopic (exact) mass is 396 g/mol. The summed E-state index contributed by atoms with van der Waals surface area (Å²) in [7, 11) is 1.23. The third kappa shape index (κ3) is 4.65. The van der Waals surface area contributed by atoms with Gasteiger partial charge in [-0.25, -0.2) is 9.59 Å². The Morgan fingerprint density at radius 3 is 2.46 bits per heavy atom. The van der Waals surface area contributed by atoms with Crippen LogP contribution in [-0.4, -0.2) is 31.6 Å². The molecule has 0 atom stereocenters. The predicted octanol–water partition coefficient (Wildman–Crippen LogP) is 3.16. The molecule has 0 bridgehead atoms. The molecule has 0 aliphatic rings. The number of esters is 2. The zero-order valence-electron chi connectivity index (χ0n) is 13.5. The number of rotatable bonds is 5. The summed E-state index contributed by atoms with van der Waals surface area (Å²) in [5.74, 6) is -2.12. The van der Waals surface area contributed by atoms with Crippen LogP contribution in [0, 0.1) is 0 Å². The molecule has 0 fully saturated rings. The van der Waals surface area contributed by atoms with E-state index in [4.69, 9.17) is 33.7 Å². The Balaban J connectivity index is 2.04. The summed E-state index contributed by atoms with van der Waals surface area (Å²) in [4.78, 5) is 35.8. The van der Waals surface area contributed by atoms with Crippen LogP contribution in [0.15, 0.2) is 36.4 Å². The molecule has 26 heavy (non-hydrogen) atoms. The van der Waals surface area contributed by atoms with Gasteiger partial charge in [0.2, 0.25) is 0 Å². The van der Waals surface area contributed by atoms with Crippen LogP contribution in [-0.2, 0) is 14.3 Å². The summed E-state index contributed by atoms with van der Waals surface area (Å²) in [6.07, 6.45) is 0. The molecule has 0 saturated heterocycles. The first-order valence-electron chi connectivity index (χ1n) is 7.22. The Morgan fingerprint density at radius 2 is 1.77 bits per heavy atom. The SMILES string of the molecule is COC(=O)c1ccccc1NC(=O)COC(=O)c1cc(Cl)cc(Cl)c1N. The molecule has 0 heterocycles. The van der Waals surface area contributed by atoms with E-state index in [9.17, 15) is 14.4 Å². The van der Waals surface area contributed by atoms with Crippen molar-refractivity contribution < 1.29 is 23.9 Å². The number of para-hydroxylation sites is 1. The second-order valence-electron chi connectivity index (χ2n) is 5.01. The lowest BCUT2D eigenvalue weighted by atomic mass is 10.2. The topological polar surface area (TPSA) is 108 Å². The highest BCUT2D eigenvalue weighted by Gasteiger charge is 2.18. The van der Waals surface area contributed by atoms with E-state index in [0.29, 0.717) is 0 Å². The maximum Gasteiger partial charge on any atom is 0.340 e. The number of ether oxygens (including phenoxy) is 2. The lowest BCUT2D eigenvalue weighted by Gasteiger charge is -2.11. The molecular formula is C17H14Cl2N2O5. The van der Waals surface area contributed by atoms with Crippen molar-refractivity contribution in [1.29, 1.82) is 0 Å². The van der Waals surface area contributed by atoms with Crippen molar-refractivity contribution in [3.05, 3.63) is 57.6 Å². The molecule has 3 N–H and O–H groups in total. The molecule has 9 heteroatoms. The Labute approximate surface area is 159 Å². The Morgan fingerprint density at radius 1 is 1.08 bits per heavy atom. The molecule has 0 aliphatic carbocycles. The number of benzene rings is 2. The molecule has 0 aromatic heterocycles. The average molecular weight is 397 g/mol. The second kappa shape index (κ2) is 8.55. The van der Waals surface area contributed by atoms with Gasteiger partial charge in [0.25, 0.3) is 5.91 Å². The van der Waals surface area contributed by atoms with Crippen molar-refractivity contribution in [2.75, 3.05) is 24.8 Å². The molecule has 2 aromatic carbocycles. The molecule has 0 spiro atoms. The number of carbonyl (C=O) groups is 3. The van der Waals surface area contributed by atoms with E-state index in [1.807, 2.05) is 0 Å². The van der Waals surface area contributed by atoms with Crippen molar-refractivity contribution in [3.63, 3.8) is 0 Å². The number of nitrogen functional groups attached to an aromatic ring is 1. The lowest BCUT2D eigenvalue weighted by molar-refractivity contribution is -0.119. The summed E-state index contributed by atoms with van der Waals surface area (Å²) in [5.41, 5.74) is 6.05. The zero-order chi connectivity index (χ0) is 19.3. The summed E-state index contributed by atoms with van der Waals surface area (Å²) >= 11 is 11.7. The van der Waals surface area contributed by atoms with E-state index in [0.717, 1.165) is 0 Å². The minimum atomic E-state index is -0.858. The summed E-state index contributed by atoms with van der Waals surface area (Å²) in [5, 5.41) is 2.77. The molecule has 7 nitrogen and oxygen atoms in total. The van der Waals surface area contributed by atoms with Gasteiger partial charge in [0.1, 0.15) is 0 Å². The Bertz CT molecular complexity index is 870. The fourth-order valence-electron chi connectivity index (χ4n) is 2.03. The van der Waals surface area contributed by atoms with Gasteiger partial charge in [-0.15, -0.1) is 0 Å². The van der Waals surface area contributed by atoms with Crippen molar-refractivity contribution in [2.24, 2.45) is 0 Å². The normalized spacial score (nSPS) is 10.1. The van der Waals surface area contributed by atoms with Gasteiger partial charge in [0, 0.05) is 5.02 Å². The zero-order valence-corrected chi connectivity index (χ0v) is 15.1. The highest BCUT2D eigenvalue weighted by molar-refractivity contribution is 6.37. The van der Waals surface area contributed by atoms with Gasteiger partial charge in [-0.2, -0.15) is 0 Å². The summed E-state index contributed by atoms with van der Waals surface area (Å²) in [6.45, 7) is -0.599. The van der Waals surface area contributed by atoms with Crippen LogP contribution < -0.4 is 11.1 Å². The lowest BCUT2D eigenvalue weighted by Crippen LogP contribution is -2.22. The smallest absolute Gasteiger partial charge is 0.340 e. The minimum absolute atomic E-state index is 0.00230. The molecule has 2 aromatic rings. The molecular weight excluding hydrogens is 383 g/mol. The van der Waals surface area contributed by atoms with Crippen LogP contribution in [0.2, 0.25) is 10.0 Å². The van der Waals surface area contributed by atoms with Crippen LogP contribution in [0.5, 0.6) is 0 Å². The summed E-state index contributed by atoms with van der Waals surface area (Å²) in [6, 6.07) is 8.92. The Hall–Kier alpha value is -2.77. The van der Waals surface area contributed by atoms with E-state index in [1.165, 1.54) is 31.4 Å². The van der Waals surface area contributed by atoms with Crippen LogP contribution in [0.1, 0.15) is 20.7 Å². The molecule has 0 unspecified atom stereocenters. The average Bonchev–Trinajstić information content (AvgIpc) is 2.62. The third-order valence-electron chi connectivity index (χ3n) is 3.26. The number of methoxy groups -OCH3 is 1. The Kier molecular flexibility index (Phi) is 6.43. The minimum Gasteiger partial charge on any atom is -0.465 e. The van der Waals surface area contributed by atoms with Gasteiger partial charge >= 0.3 is 11.9 Å². The number of nitrogens with one attached hydrogen (secondary N) is 1. The van der Waals surface area contributed by atoms with E-state index in [2.05, 4.69) is 10.1 Å². The maximum atomic E-state index is 12.1. The molecule has 136 valence electrons. The predicted molar refractivity (Wildman–Crippen MR) is 97.6 cm³/mol. The van der Waals surface area contributed by atoms with Crippen molar-refractivity contribution in [2.45, 2.75) is 0 Å². The van der Waals surface area contributed by atoms with Gasteiger partial charge in [-0.1, -0.05) is 35.3 Å². The van der Waals surface area contributed by atoms with E-state index in [-0.39, 0.29) is 32.5 Å². The first kappa shape index (κ1) is 19.6. The largest absolute Gasteiger partial charge is 0.465 e. The highest BCUT2D eigenvalue weighted by Crippen LogP contribution is 2.28. The van der Waals surface area contributed by atoms with Gasteiger partial charge in [0.05, 0.1) is 34.6 Å². The number of hydrogen-bond acceptors (Lipinski definition) is 6. The standard InChI is InChI=1S/C17H14Cl2N2O5/c1-25-16(23)10-4-2-3-5-13(10)21-14(22)8-26-17(24)11-6-9(18)7-12(19)15(11)20/h2-7H,8,20H2,1H3,(H,21,22). The van der Waals surface area contributed by atoms with Crippen LogP contribution in [0.25, 0.3) is 0 Å². The molecule has 2 rings (SSSR count). The van der Waals surface area contributed by atoms with Crippen LogP contribution in [0.3, 0.4) is 0 Å². The first-order chi connectivity index (χ1) is 12.3.